The fraction of sp³-hybridized carbons (Fsp3) is 0.773. The molecule has 29 heavy (non-hydrogen) atoms. The van der Waals surface area contributed by atoms with Crippen LogP contribution in [0.3, 0.4) is 0 Å². The Labute approximate surface area is 172 Å². The van der Waals surface area contributed by atoms with Crippen molar-refractivity contribution in [3.05, 3.63) is 17.5 Å². The molecule has 1 aromatic rings. The topological polar surface area (TPSA) is 78.7 Å². The molecule has 1 saturated carbocycles. The van der Waals surface area contributed by atoms with Gasteiger partial charge in [0.15, 0.2) is 5.69 Å². The number of rotatable bonds is 5. The van der Waals surface area contributed by atoms with Crippen molar-refractivity contribution in [1.29, 1.82) is 0 Å². The number of hydrogen-bond donors (Lipinski definition) is 1. The summed E-state index contributed by atoms with van der Waals surface area (Å²) in [5.74, 6) is 2.62. The largest absolute Gasteiger partial charge is 0.360 e. The van der Waals surface area contributed by atoms with Crippen molar-refractivity contribution in [1.82, 2.24) is 20.3 Å². The van der Waals surface area contributed by atoms with E-state index >= 15 is 0 Å². The first-order valence-corrected chi connectivity index (χ1v) is 11.3. The third-order valence-corrected chi connectivity index (χ3v) is 7.75. The standard InChI is InChI=1S/C22H32N4O3/c1-3-14(2)11-25-12-16-17(13-25)22(23-20(16)27)6-8-26(9-7-22)21(28)18-10-19(29-24-18)15-4-5-15/h10,14-17H,3-9,11-13H2,1-2H3,(H,23,27)/t14?,16-,17+/m1/s1. The van der Waals surface area contributed by atoms with Gasteiger partial charge in [-0.3, -0.25) is 9.59 Å². The summed E-state index contributed by atoms with van der Waals surface area (Å²) < 4.78 is 5.36. The maximum atomic E-state index is 12.9. The first-order chi connectivity index (χ1) is 14.0. The van der Waals surface area contributed by atoms with E-state index in [0.717, 1.165) is 51.1 Å². The molecule has 7 nitrogen and oxygen atoms in total. The zero-order chi connectivity index (χ0) is 20.2. The van der Waals surface area contributed by atoms with Crippen LogP contribution in [0.15, 0.2) is 10.6 Å². The van der Waals surface area contributed by atoms with Gasteiger partial charge in [0.2, 0.25) is 5.91 Å². The second-order valence-electron chi connectivity index (χ2n) is 9.77. The van der Waals surface area contributed by atoms with Crippen LogP contribution in [0.25, 0.3) is 0 Å². The van der Waals surface area contributed by atoms with E-state index in [2.05, 4.69) is 29.2 Å². The summed E-state index contributed by atoms with van der Waals surface area (Å²) in [6, 6.07) is 1.82. The van der Waals surface area contributed by atoms with Crippen molar-refractivity contribution >= 4 is 11.8 Å². The van der Waals surface area contributed by atoms with Gasteiger partial charge in [-0.1, -0.05) is 25.4 Å². The van der Waals surface area contributed by atoms with Crippen LogP contribution in [0.5, 0.6) is 0 Å². The second-order valence-corrected chi connectivity index (χ2v) is 9.77. The lowest BCUT2D eigenvalue weighted by Crippen LogP contribution is -2.56. The van der Waals surface area contributed by atoms with Gasteiger partial charge in [0, 0.05) is 56.2 Å². The van der Waals surface area contributed by atoms with E-state index in [1.165, 1.54) is 6.42 Å². The van der Waals surface area contributed by atoms with Crippen LogP contribution in [0.2, 0.25) is 0 Å². The molecule has 5 rings (SSSR count). The first-order valence-electron chi connectivity index (χ1n) is 11.3. The van der Waals surface area contributed by atoms with Crippen LogP contribution in [0.1, 0.15) is 68.1 Å². The Hall–Kier alpha value is -1.89. The van der Waals surface area contributed by atoms with Crippen molar-refractivity contribution in [2.24, 2.45) is 17.8 Å². The number of nitrogens with zero attached hydrogens (tertiary/aromatic N) is 3. The minimum absolute atomic E-state index is 0.0406. The summed E-state index contributed by atoms with van der Waals surface area (Å²) in [6.45, 7) is 8.80. The fourth-order valence-electron chi connectivity index (χ4n) is 5.58. The number of likely N-dealkylation sites (tertiary alicyclic amines) is 2. The molecule has 158 valence electrons. The molecule has 1 unspecified atom stereocenters. The van der Waals surface area contributed by atoms with Gasteiger partial charge in [0.25, 0.3) is 5.91 Å². The van der Waals surface area contributed by atoms with Crippen molar-refractivity contribution in [2.45, 2.75) is 57.4 Å². The highest BCUT2D eigenvalue weighted by Gasteiger charge is 2.57. The molecule has 0 bridgehead atoms. The maximum Gasteiger partial charge on any atom is 0.276 e. The molecule has 1 spiro atoms. The molecule has 4 fully saturated rings. The maximum absolute atomic E-state index is 12.9. The molecule has 1 aromatic heterocycles. The second kappa shape index (κ2) is 7.11. The molecule has 1 aliphatic carbocycles. The summed E-state index contributed by atoms with van der Waals surface area (Å²) in [7, 11) is 0. The SMILES string of the molecule is CCC(C)CN1C[C@H]2C(=O)NC3(CCN(C(=O)c4cc(C5CC5)on4)CC3)[C@H]2C1. The zero-order valence-electron chi connectivity index (χ0n) is 17.5. The zero-order valence-corrected chi connectivity index (χ0v) is 17.5. The highest BCUT2D eigenvalue weighted by molar-refractivity contribution is 5.92. The molecule has 0 radical (unpaired) electrons. The molecule has 1 N–H and O–H groups in total. The van der Waals surface area contributed by atoms with E-state index in [1.54, 1.807) is 0 Å². The van der Waals surface area contributed by atoms with Gasteiger partial charge >= 0.3 is 0 Å². The van der Waals surface area contributed by atoms with Crippen LogP contribution in [-0.4, -0.2) is 65.0 Å². The predicted molar refractivity (Wildman–Crippen MR) is 107 cm³/mol. The summed E-state index contributed by atoms with van der Waals surface area (Å²) in [5.41, 5.74) is 0.280. The summed E-state index contributed by atoms with van der Waals surface area (Å²) in [4.78, 5) is 29.9. The number of piperidine rings is 1. The van der Waals surface area contributed by atoms with Crippen molar-refractivity contribution in [3.63, 3.8) is 0 Å². The molecule has 3 atom stereocenters. The highest BCUT2D eigenvalue weighted by atomic mass is 16.5. The van der Waals surface area contributed by atoms with E-state index in [-0.39, 0.29) is 23.3 Å². The van der Waals surface area contributed by atoms with Gasteiger partial charge in [-0.05, 0) is 31.6 Å². The Bertz CT molecular complexity index is 794. The summed E-state index contributed by atoms with van der Waals surface area (Å²) >= 11 is 0. The van der Waals surface area contributed by atoms with E-state index in [9.17, 15) is 9.59 Å². The van der Waals surface area contributed by atoms with Crippen LogP contribution in [0.4, 0.5) is 0 Å². The number of nitrogens with one attached hydrogen (secondary N) is 1. The minimum Gasteiger partial charge on any atom is -0.360 e. The van der Waals surface area contributed by atoms with Crippen molar-refractivity contribution < 1.29 is 14.1 Å². The fourth-order valence-corrected chi connectivity index (χ4v) is 5.58. The average molecular weight is 401 g/mol. The Morgan fingerprint density at radius 2 is 2.10 bits per heavy atom. The number of carbonyl (C=O) groups excluding carboxylic acids is 2. The van der Waals surface area contributed by atoms with Gasteiger partial charge in [-0.2, -0.15) is 0 Å². The van der Waals surface area contributed by atoms with Gasteiger partial charge < -0.3 is 19.6 Å². The molecular weight excluding hydrogens is 368 g/mol. The van der Waals surface area contributed by atoms with E-state index in [0.29, 0.717) is 36.5 Å². The van der Waals surface area contributed by atoms with Crippen molar-refractivity contribution in [2.75, 3.05) is 32.7 Å². The summed E-state index contributed by atoms with van der Waals surface area (Å²) in [6.07, 6.45) is 5.09. The monoisotopic (exact) mass is 400 g/mol. The van der Waals surface area contributed by atoms with Crippen LogP contribution in [0, 0.1) is 17.8 Å². The molecule has 4 heterocycles. The Kier molecular flexibility index (Phi) is 4.68. The predicted octanol–water partition coefficient (Wildman–Crippen LogP) is 2.25. The lowest BCUT2D eigenvalue weighted by Gasteiger charge is -2.42. The number of hydrogen-bond acceptors (Lipinski definition) is 5. The molecule has 2 amide bonds. The molecular formula is C22H32N4O3. The van der Waals surface area contributed by atoms with E-state index < -0.39 is 0 Å². The Morgan fingerprint density at radius 3 is 2.79 bits per heavy atom. The quantitative estimate of drug-likeness (QED) is 0.820. The third kappa shape index (κ3) is 3.37. The van der Waals surface area contributed by atoms with Crippen LogP contribution in [-0.2, 0) is 4.79 Å². The van der Waals surface area contributed by atoms with Gasteiger partial charge in [-0.25, -0.2) is 0 Å². The number of fused-ring (bicyclic) bond motifs is 2. The number of aromatic nitrogens is 1. The van der Waals surface area contributed by atoms with Crippen molar-refractivity contribution in [3.8, 4) is 0 Å². The lowest BCUT2D eigenvalue weighted by molar-refractivity contribution is -0.123. The molecule has 3 saturated heterocycles. The first kappa shape index (κ1) is 19.1. The highest BCUT2D eigenvalue weighted by Crippen LogP contribution is 2.44. The van der Waals surface area contributed by atoms with Crippen LogP contribution < -0.4 is 5.32 Å². The summed E-state index contributed by atoms with van der Waals surface area (Å²) in [5, 5.41) is 7.36. The number of amides is 2. The van der Waals surface area contributed by atoms with Gasteiger partial charge in [-0.15, -0.1) is 0 Å². The lowest BCUT2D eigenvalue weighted by atomic mass is 9.75. The normalized spacial score (nSPS) is 29.9. The molecule has 0 aromatic carbocycles. The Morgan fingerprint density at radius 1 is 1.34 bits per heavy atom. The molecule has 7 heteroatoms. The minimum atomic E-state index is -0.147. The third-order valence-electron chi connectivity index (χ3n) is 7.75. The van der Waals surface area contributed by atoms with Crippen LogP contribution >= 0.6 is 0 Å². The van der Waals surface area contributed by atoms with E-state index in [4.69, 9.17) is 4.52 Å². The van der Waals surface area contributed by atoms with Gasteiger partial charge in [0.1, 0.15) is 5.76 Å². The molecule has 3 aliphatic heterocycles. The van der Waals surface area contributed by atoms with E-state index in [1.807, 2.05) is 11.0 Å². The van der Waals surface area contributed by atoms with Gasteiger partial charge in [0.05, 0.1) is 5.92 Å². The average Bonchev–Trinajstić information content (AvgIpc) is 3.20. The Balaban J connectivity index is 1.23. The number of carbonyl (C=O) groups is 2. The smallest absolute Gasteiger partial charge is 0.276 e. The molecule has 4 aliphatic rings.